The van der Waals surface area contributed by atoms with E-state index in [0.29, 0.717) is 27.9 Å². The van der Waals surface area contributed by atoms with Crippen molar-refractivity contribution in [3.8, 4) is 0 Å². The zero-order valence-corrected chi connectivity index (χ0v) is 14.5. The largest absolute Gasteiger partial charge is 0.324 e. The van der Waals surface area contributed by atoms with Gasteiger partial charge in [0.1, 0.15) is 0 Å². The Labute approximate surface area is 147 Å². The van der Waals surface area contributed by atoms with Crippen LogP contribution in [0.15, 0.2) is 46.7 Å². The van der Waals surface area contributed by atoms with E-state index in [1.807, 2.05) is 5.38 Å². The van der Waals surface area contributed by atoms with Crippen molar-refractivity contribution < 1.29 is 4.79 Å². The Morgan fingerprint density at radius 2 is 2.21 bits per heavy atom. The molecule has 0 aliphatic heterocycles. The number of anilines is 1. The molecule has 1 N–H and O–H groups in total. The highest BCUT2D eigenvalue weighted by Gasteiger charge is 2.11. The maximum absolute atomic E-state index is 12.1. The van der Waals surface area contributed by atoms with Crippen molar-refractivity contribution in [2.24, 2.45) is 0 Å². The number of rotatable bonds is 5. The molecule has 3 rings (SSSR count). The van der Waals surface area contributed by atoms with Crippen LogP contribution in [0.4, 0.5) is 5.69 Å². The van der Waals surface area contributed by atoms with Crippen LogP contribution in [0.5, 0.6) is 0 Å². The van der Waals surface area contributed by atoms with Crippen molar-refractivity contribution in [3.63, 3.8) is 0 Å². The molecule has 0 aliphatic rings. The molecule has 3 aromatic rings. The van der Waals surface area contributed by atoms with E-state index in [4.69, 9.17) is 11.6 Å². The van der Waals surface area contributed by atoms with E-state index in [1.165, 1.54) is 21.8 Å². The summed E-state index contributed by atoms with van der Waals surface area (Å²) >= 11 is 7.42. The highest BCUT2D eigenvalue weighted by Crippen LogP contribution is 2.20. The van der Waals surface area contributed by atoms with Crippen LogP contribution in [0.25, 0.3) is 4.96 Å². The van der Waals surface area contributed by atoms with Crippen LogP contribution in [0, 0.1) is 0 Å². The van der Waals surface area contributed by atoms with E-state index < -0.39 is 0 Å². The number of halogens is 1. The van der Waals surface area contributed by atoms with Gasteiger partial charge in [-0.3, -0.25) is 18.9 Å². The molecule has 2 aromatic heterocycles. The number of amides is 1. The van der Waals surface area contributed by atoms with E-state index in [9.17, 15) is 9.59 Å². The minimum atomic E-state index is -0.181. The Bertz CT molecular complexity index is 937. The number of nitrogens with one attached hydrogen (secondary N) is 1. The lowest BCUT2D eigenvalue weighted by Gasteiger charge is -2.16. The van der Waals surface area contributed by atoms with Crippen molar-refractivity contribution in [1.82, 2.24) is 14.3 Å². The summed E-state index contributed by atoms with van der Waals surface area (Å²) in [5, 5.41) is 5.07. The monoisotopic (exact) mass is 362 g/mol. The standard InChI is InChI=1S/C16H15ClN4O2S/c1-20(10-14(22)19-13-5-3-2-4-12(13)17)9-11-8-15(23)21-6-7-24-16(21)18-11/h2-8H,9-10H2,1H3,(H,19,22). The van der Waals surface area contributed by atoms with E-state index in [0.717, 1.165) is 0 Å². The maximum Gasteiger partial charge on any atom is 0.258 e. The van der Waals surface area contributed by atoms with Gasteiger partial charge in [0.2, 0.25) is 5.91 Å². The lowest BCUT2D eigenvalue weighted by molar-refractivity contribution is -0.117. The molecule has 0 aliphatic carbocycles. The number of carbonyl (C=O) groups is 1. The molecule has 0 saturated heterocycles. The molecule has 0 bridgehead atoms. The number of hydrogen-bond acceptors (Lipinski definition) is 5. The molecule has 0 unspecified atom stereocenters. The molecule has 0 atom stereocenters. The van der Waals surface area contributed by atoms with Gasteiger partial charge in [0, 0.05) is 24.2 Å². The third kappa shape index (κ3) is 3.81. The van der Waals surface area contributed by atoms with E-state index >= 15 is 0 Å². The molecular formula is C16H15ClN4O2S. The molecule has 6 nitrogen and oxygen atoms in total. The van der Waals surface area contributed by atoms with Crippen molar-refractivity contribution in [1.29, 1.82) is 0 Å². The van der Waals surface area contributed by atoms with Gasteiger partial charge in [-0.25, -0.2) is 4.98 Å². The Kier molecular flexibility index (Phi) is 4.94. The molecule has 1 aromatic carbocycles. The summed E-state index contributed by atoms with van der Waals surface area (Å²) in [5.74, 6) is -0.181. The third-order valence-electron chi connectivity index (χ3n) is 3.35. The van der Waals surface area contributed by atoms with Gasteiger partial charge in [-0.2, -0.15) is 0 Å². The number of fused-ring (bicyclic) bond motifs is 1. The van der Waals surface area contributed by atoms with Crippen molar-refractivity contribution in [2.75, 3.05) is 18.9 Å². The normalized spacial score (nSPS) is 11.1. The van der Waals surface area contributed by atoms with Crippen molar-refractivity contribution >= 4 is 39.5 Å². The van der Waals surface area contributed by atoms with Crippen LogP contribution in [-0.4, -0.2) is 33.8 Å². The van der Waals surface area contributed by atoms with Crippen LogP contribution in [0.1, 0.15) is 5.69 Å². The average molecular weight is 363 g/mol. The summed E-state index contributed by atoms with van der Waals surface area (Å²) in [7, 11) is 1.80. The number of nitrogens with zero attached hydrogens (tertiary/aromatic N) is 3. The topological polar surface area (TPSA) is 66.7 Å². The molecular weight excluding hydrogens is 348 g/mol. The Morgan fingerprint density at radius 3 is 3.00 bits per heavy atom. The number of hydrogen-bond donors (Lipinski definition) is 1. The Hall–Kier alpha value is -2.22. The Morgan fingerprint density at radius 1 is 1.42 bits per heavy atom. The summed E-state index contributed by atoms with van der Waals surface area (Å²) in [5.41, 5.74) is 1.09. The van der Waals surface area contributed by atoms with Crippen LogP contribution in [0.2, 0.25) is 5.02 Å². The van der Waals surface area contributed by atoms with E-state index in [1.54, 1.807) is 42.4 Å². The Balaban J connectivity index is 1.64. The molecule has 0 spiro atoms. The number of likely N-dealkylation sites (N-methyl/N-ethyl adjacent to an activating group) is 1. The zero-order chi connectivity index (χ0) is 17.1. The van der Waals surface area contributed by atoms with Gasteiger partial charge >= 0.3 is 0 Å². The summed E-state index contributed by atoms with van der Waals surface area (Å²) in [4.78, 5) is 30.9. The summed E-state index contributed by atoms with van der Waals surface area (Å²) in [6.07, 6.45) is 1.69. The zero-order valence-electron chi connectivity index (χ0n) is 12.9. The summed E-state index contributed by atoms with van der Waals surface area (Å²) in [6, 6.07) is 8.55. The van der Waals surface area contributed by atoms with E-state index in [-0.39, 0.29) is 18.0 Å². The average Bonchev–Trinajstić information content (AvgIpc) is 2.98. The first-order valence-corrected chi connectivity index (χ1v) is 8.47. The fourth-order valence-electron chi connectivity index (χ4n) is 2.30. The number of para-hydroxylation sites is 1. The second-order valence-corrected chi connectivity index (χ2v) is 6.62. The smallest absolute Gasteiger partial charge is 0.258 e. The van der Waals surface area contributed by atoms with Gasteiger partial charge in [-0.05, 0) is 19.2 Å². The van der Waals surface area contributed by atoms with Crippen molar-refractivity contribution in [2.45, 2.75) is 6.54 Å². The van der Waals surface area contributed by atoms with Crippen LogP contribution in [0.3, 0.4) is 0 Å². The predicted molar refractivity (Wildman–Crippen MR) is 95.8 cm³/mol. The quantitative estimate of drug-likeness (QED) is 0.757. The lowest BCUT2D eigenvalue weighted by atomic mass is 10.3. The first-order valence-electron chi connectivity index (χ1n) is 7.21. The van der Waals surface area contributed by atoms with Gasteiger partial charge in [0.15, 0.2) is 4.96 Å². The molecule has 124 valence electrons. The number of carbonyl (C=O) groups excluding carboxylic acids is 1. The SMILES string of the molecule is CN(CC(=O)Nc1ccccc1Cl)Cc1cc(=O)n2ccsc2n1. The van der Waals surface area contributed by atoms with Crippen LogP contribution < -0.4 is 10.9 Å². The summed E-state index contributed by atoms with van der Waals surface area (Å²) < 4.78 is 1.50. The number of benzene rings is 1. The highest BCUT2D eigenvalue weighted by atomic mass is 35.5. The number of aromatic nitrogens is 2. The minimum Gasteiger partial charge on any atom is -0.324 e. The minimum absolute atomic E-state index is 0.120. The third-order valence-corrected chi connectivity index (χ3v) is 4.44. The predicted octanol–water partition coefficient (Wildman–Crippen LogP) is 2.48. The number of thiazole rings is 1. The molecule has 1 amide bonds. The molecule has 0 radical (unpaired) electrons. The second kappa shape index (κ2) is 7.12. The molecule has 24 heavy (non-hydrogen) atoms. The fraction of sp³-hybridized carbons (Fsp3) is 0.188. The van der Waals surface area contributed by atoms with Gasteiger partial charge in [0.25, 0.3) is 5.56 Å². The maximum atomic E-state index is 12.1. The van der Waals surface area contributed by atoms with Crippen LogP contribution >= 0.6 is 22.9 Å². The van der Waals surface area contributed by atoms with E-state index in [2.05, 4.69) is 10.3 Å². The fourth-order valence-corrected chi connectivity index (χ4v) is 3.22. The molecule has 8 heteroatoms. The lowest BCUT2D eigenvalue weighted by Crippen LogP contribution is -2.30. The first-order chi connectivity index (χ1) is 11.5. The molecule has 2 heterocycles. The van der Waals surface area contributed by atoms with Crippen molar-refractivity contribution in [3.05, 3.63) is 63.0 Å². The summed E-state index contributed by atoms with van der Waals surface area (Å²) in [6.45, 7) is 0.566. The molecule has 0 saturated carbocycles. The van der Waals surface area contributed by atoms with Crippen LogP contribution in [-0.2, 0) is 11.3 Å². The van der Waals surface area contributed by atoms with Gasteiger partial charge < -0.3 is 5.32 Å². The van der Waals surface area contributed by atoms with Gasteiger partial charge in [-0.1, -0.05) is 23.7 Å². The molecule has 0 fully saturated rings. The van der Waals surface area contributed by atoms with Gasteiger partial charge in [-0.15, -0.1) is 11.3 Å². The second-order valence-electron chi connectivity index (χ2n) is 5.34. The highest BCUT2D eigenvalue weighted by molar-refractivity contribution is 7.15. The first kappa shape index (κ1) is 16.6. The van der Waals surface area contributed by atoms with Gasteiger partial charge in [0.05, 0.1) is 22.9 Å².